The molecule has 0 radical (unpaired) electrons. The van der Waals surface area contributed by atoms with Gasteiger partial charge >= 0.3 is 0 Å². The molecule has 0 amide bonds. The minimum absolute atomic E-state index is 0.227. The number of anilines is 3. The van der Waals surface area contributed by atoms with Crippen LogP contribution in [0.25, 0.3) is 33.1 Å². The Hall–Kier alpha value is -3.38. The van der Waals surface area contributed by atoms with Crippen LogP contribution in [0.2, 0.25) is 0 Å². The fraction of sp³-hybridized carbons (Fsp3) is 0.118. The molecule has 3 heterocycles. The summed E-state index contributed by atoms with van der Waals surface area (Å²) in [6.07, 6.45) is 2.73. The van der Waals surface area contributed by atoms with Gasteiger partial charge in [0.25, 0.3) is 0 Å². The Bertz CT molecular complexity index is 1830. The van der Waals surface area contributed by atoms with Crippen LogP contribution >= 0.6 is 31.9 Å². The van der Waals surface area contributed by atoms with E-state index in [-0.39, 0.29) is 12.2 Å². The van der Waals surface area contributed by atoms with Crippen molar-refractivity contribution in [3.8, 4) is 11.1 Å². The van der Waals surface area contributed by atoms with Crippen molar-refractivity contribution in [2.24, 2.45) is 0 Å². The first-order chi connectivity index (χ1) is 19.1. The Morgan fingerprint density at radius 3 is 2.00 bits per heavy atom. The summed E-state index contributed by atoms with van der Waals surface area (Å²) in [5.41, 5.74) is 9.93. The van der Waals surface area contributed by atoms with E-state index in [2.05, 4.69) is 128 Å². The van der Waals surface area contributed by atoms with Crippen molar-refractivity contribution in [3.05, 3.63) is 123 Å². The van der Waals surface area contributed by atoms with E-state index in [1.54, 1.807) is 0 Å². The van der Waals surface area contributed by atoms with E-state index in [4.69, 9.17) is 9.15 Å². The van der Waals surface area contributed by atoms with E-state index in [0.29, 0.717) is 0 Å². The zero-order valence-electron chi connectivity index (χ0n) is 20.9. The molecule has 5 heteroatoms. The highest BCUT2D eigenvalue weighted by Gasteiger charge is 2.38. The number of furan rings is 1. The van der Waals surface area contributed by atoms with Crippen LogP contribution in [0.3, 0.4) is 0 Å². The molecule has 6 aromatic rings. The van der Waals surface area contributed by atoms with Crippen molar-refractivity contribution in [3.63, 3.8) is 0 Å². The van der Waals surface area contributed by atoms with Gasteiger partial charge in [0.1, 0.15) is 5.58 Å². The fourth-order valence-corrected chi connectivity index (χ4v) is 6.70. The molecule has 0 saturated carbocycles. The Morgan fingerprint density at radius 1 is 0.615 bits per heavy atom. The third-order valence-corrected chi connectivity index (χ3v) is 9.06. The molecule has 2 aliphatic heterocycles. The van der Waals surface area contributed by atoms with Crippen LogP contribution in [0, 0.1) is 0 Å². The van der Waals surface area contributed by atoms with Crippen molar-refractivity contribution in [1.29, 1.82) is 0 Å². The van der Waals surface area contributed by atoms with Crippen LogP contribution in [-0.4, -0.2) is 0 Å². The van der Waals surface area contributed by atoms with Crippen LogP contribution in [-0.2, 0) is 4.74 Å². The van der Waals surface area contributed by atoms with Gasteiger partial charge in [-0.15, -0.1) is 0 Å². The molecular weight excluding hydrogens is 614 g/mol. The number of rotatable bonds is 4. The number of hydrogen-bond acceptors (Lipinski definition) is 3. The molecule has 2 aliphatic rings. The lowest BCUT2D eigenvalue weighted by Crippen LogP contribution is -2.10. The second-order valence-electron chi connectivity index (χ2n) is 10.3. The van der Waals surface area contributed by atoms with Gasteiger partial charge in [0.15, 0.2) is 5.58 Å². The van der Waals surface area contributed by atoms with Gasteiger partial charge in [0, 0.05) is 31.1 Å². The molecule has 190 valence electrons. The Kier molecular flexibility index (Phi) is 5.48. The van der Waals surface area contributed by atoms with E-state index >= 15 is 0 Å². The maximum absolute atomic E-state index is 6.58. The Labute approximate surface area is 243 Å². The maximum Gasteiger partial charge on any atom is 0.159 e. The molecular formula is C34H23Br2NO2. The van der Waals surface area contributed by atoms with E-state index in [9.17, 15) is 0 Å². The molecule has 8 rings (SSSR count). The molecule has 2 unspecified atom stereocenters. The zero-order valence-corrected chi connectivity index (χ0v) is 24.1. The highest BCUT2D eigenvalue weighted by molar-refractivity contribution is 9.10. The molecule has 1 saturated heterocycles. The molecule has 1 fully saturated rings. The summed E-state index contributed by atoms with van der Waals surface area (Å²) in [6, 6.07) is 36.6. The second-order valence-corrected chi connectivity index (χ2v) is 12.1. The normalized spacial score (nSPS) is 17.7. The Morgan fingerprint density at radius 2 is 1.28 bits per heavy atom. The second kappa shape index (κ2) is 9.09. The molecule has 5 aromatic carbocycles. The third kappa shape index (κ3) is 3.87. The number of ether oxygens (including phenoxy) is 1. The van der Waals surface area contributed by atoms with Gasteiger partial charge in [-0.2, -0.15) is 0 Å². The average molecular weight is 637 g/mol. The van der Waals surface area contributed by atoms with Gasteiger partial charge in [-0.1, -0.05) is 62.2 Å². The number of benzene rings is 5. The highest BCUT2D eigenvalue weighted by atomic mass is 79.9. The quantitative estimate of drug-likeness (QED) is 0.192. The lowest BCUT2D eigenvalue weighted by atomic mass is 9.89. The number of hydrogen-bond donors (Lipinski definition) is 0. The molecule has 0 N–H and O–H groups in total. The van der Waals surface area contributed by atoms with Gasteiger partial charge in [0.2, 0.25) is 0 Å². The monoisotopic (exact) mass is 635 g/mol. The zero-order chi connectivity index (χ0) is 26.1. The van der Waals surface area contributed by atoms with Gasteiger partial charge in [-0.05, 0) is 108 Å². The van der Waals surface area contributed by atoms with E-state index < -0.39 is 0 Å². The van der Waals surface area contributed by atoms with Crippen LogP contribution in [0.4, 0.5) is 17.1 Å². The first kappa shape index (κ1) is 23.5. The first-order valence-corrected chi connectivity index (χ1v) is 14.8. The van der Waals surface area contributed by atoms with Crippen LogP contribution in [0.1, 0.15) is 36.2 Å². The predicted octanol–water partition coefficient (Wildman–Crippen LogP) is 11.2. The average Bonchev–Trinajstić information content (AvgIpc) is 3.69. The van der Waals surface area contributed by atoms with Crippen molar-refractivity contribution in [2.45, 2.75) is 25.0 Å². The van der Waals surface area contributed by atoms with Gasteiger partial charge in [-0.25, -0.2) is 0 Å². The molecule has 2 atom stereocenters. The maximum atomic E-state index is 6.58. The number of para-hydroxylation sites is 1. The SMILES string of the molecule is Brc1ccc(N(c2ccc(Br)cc2)c2cc(-c3ccc4c(c3)C3CCC4O3)cc3c2oc2ccccc23)cc1. The molecule has 39 heavy (non-hydrogen) atoms. The fourth-order valence-electron chi connectivity index (χ4n) is 6.17. The lowest BCUT2D eigenvalue weighted by Gasteiger charge is -2.26. The molecule has 0 spiro atoms. The number of halogens is 2. The van der Waals surface area contributed by atoms with Gasteiger partial charge in [0.05, 0.1) is 17.9 Å². The lowest BCUT2D eigenvalue weighted by molar-refractivity contribution is 0.0717. The van der Waals surface area contributed by atoms with Crippen LogP contribution in [0.5, 0.6) is 0 Å². The van der Waals surface area contributed by atoms with Gasteiger partial charge in [-0.3, -0.25) is 0 Å². The summed E-state index contributed by atoms with van der Waals surface area (Å²) < 4.78 is 14.9. The predicted molar refractivity (Wildman–Crippen MR) is 165 cm³/mol. The smallest absolute Gasteiger partial charge is 0.159 e. The minimum Gasteiger partial charge on any atom is -0.454 e. The molecule has 3 nitrogen and oxygen atoms in total. The van der Waals surface area contributed by atoms with E-state index in [1.165, 1.54) is 16.7 Å². The van der Waals surface area contributed by atoms with Crippen molar-refractivity contribution in [2.75, 3.05) is 4.90 Å². The van der Waals surface area contributed by atoms with Crippen LogP contribution < -0.4 is 4.90 Å². The molecule has 2 bridgehead atoms. The van der Waals surface area contributed by atoms with Crippen molar-refractivity contribution >= 4 is 70.9 Å². The van der Waals surface area contributed by atoms with E-state index in [0.717, 1.165) is 66.4 Å². The summed E-state index contributed by atoms with van der Waals surface area (Å²) in [7, 11) is 0. The van der Waals surface area contributed by atoms with Crippen LogP contribution in [0.15, 0.2) is 116 Å². The summed E-state index contributed by atoms with van der Waals surface area (Å²) in [4.78, 5) is 2.28. The standard InChI is InChI=1S/C34H23Br2NO2/c35-22-6-10-24(11-7-22)37(25-12-8-23(36)9-13-25)30-19-21(18-29-26-3-1-2-4-31(26)39-34(29)30)20-5-14-27-28(17-20)33-16-15-32(27)38-33/h1-14,17-19,32-33H,15-16H2. The third-order valence-electron chi connectivity index (χ3n) is 8.00. The number of fused-ring (bicyclic) bond motifs is 8. The largest absolute Gasteiger partial charge is 0.454 e. The summed E-state index contributed by atoms with van der Waals surface area (Å²) >= 11 is 7.21. The van der Waals surface area contributed by atoms with E-state index in [1.807, 2.05) is 12.1 Å². The molecule has 1 aromatic heterocycles. The summed E-state index contributed by atoms with van der Waals surface area (Å²) in [5, 5.41) is 2.22. The highest BCUT2D eigenvalue weighted by Crippen LogP contribution is 2.52. The van der Waals surface area contributed by atoms with Gasteiger partial charge < -0.3 is 14.1 Å². The Balaban J connectivity index is 1.40. The minimum atomic E-state index is 0.227. The summed E-state index contributed by atoms with van der Waals surface area (Å²) in [5.74, 6) is 0. The molecule has 0 aliphatic carbocycles. The summed E-state index contributed by atoms with van der Waals surface area (Å²) in [6.45, 7) is 0. The first-order valence-electron chi connectivity index (χ1n) is 13.2. The van der Waals surface area contributed by atoms with Crippen molar-refractivity contribution in [1.82, 2.24) is 0 Å². The number of nitrogens with zero attached hydrogens (tertiary/aromatic N) is 1. The van der Waals surface area contributed by atoms with Crippen molar-refractivity contribution < 1.29 is 9.15 Å². The topological polar surface area (TPSA) is 25.6 Å².